The summed E-state index contributed by atoms with van der Waals surface area (Å²) in [6.07, 6.45) is 0. The first-order valence-corrected chi connectivity index (χ1v) is 6.76. The minimum atomic E-state index is -2.85. The maximum atomic E-state index is 12.3. The predicted molar refractivity (Wildman–Crippen MR) is 75.3 cm³/mol. The van der Waals surface area contributed by atoms with Gasteiger partial charge in [0.15, 0.2) is 11.5 Å². The molecule has 3 nitrogen and oxygen atoms in total. The molecule has 0 saturated carbocycles. The molecular weight excluding hydrogens is 264 g/mol. The maximum Gasteiger partial charge on any atom is 0.387 e. The van der Waals surface area contributed by atoms with Crippen molar-refractivity contribution in [1.29, 1.82) is 0 Å². The Labute approximate surface area is 119 Å². The van der Waals surface area contributed by atoms with Crippen LogP contribution in [0.15, 0.2) is 18.2 Å². The molecule has 5 heteroatoms. The van der Waals surface area contributed by atoms with Crippen LogP contribution in [0.4, 0.5) is 8.78 Å². The van der Waals surface area contributed by atoms with Crippen LogP contribution in [0.1, 0.15) is 26.3 Å². The van der Waals surface area contributed by atoms with E-state index in [-0.39, 0.29) is 5.75 Å². The molecule has 0 aliphatic carbocycles. The molecule has 0 spiro atoms. The predicted octanol–water partition coefficient (Wildman–Crippen LogP) is 3.68. The van der Waals surface area contributed by atoms with Crippen molar-refractivity contribution < 1.29 is 18.3 Å². The van der Waals surface area contributed by atoms with Gasteiger partial charge in [0.1, 0.15) is 0 Å². The second-order valence-corrected chi connectivity index (χ2v) is 5.22. The van der Waals surface area contributed by atoms with Gasteiger partial charge < -0.3 is 14.8 Å². The summed E-state index contributed by atoms with van der Waals surface area (Å²) in [6.45, 7) is 5.17. The van der Waals surface area contributed by atoms with Crippen molar-refractivity contribution in [2.24, 2.45) is 11.8 Å². The Hall–Kier alpha value is -1.36. The zero-order chi connectivity index (χ0) is 15.1. The topological polar surface area (TPSA) is 30.5 Å². The van der Waals surface area contributed by atoms with Crippen LogP contribution in [0, 0.1) is 11.8 Å². The molecule has 0 fully saturated rings. The Morgan fingerprint density at radius 2 is 1.85 bits per heavy atom. The maximum absolute atomic E-state index is 12.3. The van der Waals surface area contributed by atoms with Crippen LogP contribution in [-0.2, 0) is 6.54 Å². The van der Waals surface area contributed by atoms with E-state index in [4.69, 9.17) is 4.74 Å². The number of methoxy groups -OCH3 is 1. The highest BCUT2D eigenvalue weighted by atomic mass is 19.3. The Morgan fingerprint density at radius 1 is 1.15 bits per heavy atom. The molecule has 1 N–H and O–H groups in total. The molecule has 0 aromatic heterocycles. The van der Waals surface area contributed by atoms with Crippen LogP contribution in [0.3, 0.4) is 0 Å². The van der Waals surface area contributed by atoms with Gasteiger partial charge in [0.05, 0.1) is 7.11 Å². The third kappa shape index (κ3) is 5.33. The third-order valence-corrected chi connectivity index (χ3v) is 3.38. The molecule has 20 heavy (non-hydrogen) atoms. The molecule has 0 aliphatic heterocycles. The fraction of sp³-hybridized carbons (Fsp3) is 0.600. The quantitative estimate of drug-likeness (QED) is 0.791. The molecule has 1 rings (SSSR count). The number of hydrogen-bond acceptors (Lipinski definition) is 3. The lowest BCUT2D eigenvalue weighted by Crippen LogP contribution is -2.23. The highest BCUT2D eigenvalue weighted by Crippen LogP contribution is 2.29. The lowest BCUT2D eigenvalue weighted by molar-refractivity contribution is -0.0512. The second-order valence-electron chi connectivity index (χ2n) is 5.22. The van der Waals surface area contributed by atoms with Gasteiger partial charge in [-0.25, -0.2) is 0 Å². The number of rotatable bonds is 8. The molecule has 0 saturated heterocycles. The summed E-state index contributed by atoms with van der Waals surface area (Å²) in [6, 6.07) is 5.06. The summed E-state index contributed by atoms with van der Waals surface area (Å²) >= 11 is 0. The van der Waals surface area contributed by atoms with Crippen LogP contribution in [0.5, 0.6) is 11.5 Å². The van der Waals surface area contributed by atoms with Crippen molar-refractivity contribution in [3.63, 3.8) is 0 Å². The molecule has 0 heterocycles. The lowest BCUT2D eigenvalue weighted by atomic mass is 9.98. The van der Waals surface area contributed by atoms with Crippen LogP contribution < -0.4 is 14.8 Å². The smallest absolute Gasteiger partial charge is 0.387 e. The minimum absolute atomic E-state index is 0.0682. The molecule has 0 bridgehead atoms. The zero-order valence-electron chi connectivity index (χ0n) is 12.5. The summed E-state index contributed by atoms with van der Waals surface area (Å²) in [5.41, 5.74) is 0.886. The molecule has 0 aliphatic rings. The average molecular weight is 287 g/mol. The van der Waals surface area contributed by atoms with Gasteiger partial charge in [-0.2, -0.15) is 8.78 Å². The first-order valence-electron chi connectivity index (χ1n) is 6.76. The molecule has 114 valence electrons. The minimum Gasteiger partial charge on any atom is -0.493 e. The van der Waals surface area contributed by atoms with Crippen LogP contribution in [0.25, 0.3) is 0 Å². The summed E-state index contributed by atoms with van der Waals surface area (Å²) < 4.78 is 34.1. The van der Waals surface area contributed by atoms with Crippen LogP contribution in [-0.4, -0.2) is 20.3 Å². The molecule has 1 unspecified atom stereocenters. The number of hydrogen-bond donors (Lipinski definition) is 1. The lowest BCUT2D eigenvalue weighted by Gasteiger charge is -2.16. The van der Waals surface area contributed by atoms with E-state index in [9.17, 15) is 8.78 Å². The van der Waals surface area contributed by atoms with Crippen molar-refractivity contribution in [2.75, 3.05) is 13.7 Å². The first kappa shape index (κ1) is 16.7. The Bertz CT molecular complexity index is 411. The van der Waals surface area contributed by atoms with E-state index < -0.39 is 6.61 Å². The number of benzene rings is 1. The molecule has 1 aromatic carbocycles. The SMILES string of the molecule is COc1ccc(CNCC(C)C(C)C)cc1OC(F)F. The van der Waals surface area contributed by atoms with Gasteiger partial charge in [0, 0.05) is 6.54 Å². The number of ether oxygens (including phenoxy) is 2. The Morgan fingerprint density at radius 3 is 2.40 bits per heavy atom. The van der Waals surface area contributed by atoms with Gasteiger partial charge in [-0.15, -0.1) is 0 Å². The standard InChI is InChI=1S/C15H23F2NO2/c1-10(2)11(3)8-18-9-12-5-6-13(19-4)14(7-12)20-15(16)17/h5-7,10-11,15,18H,8-9H2,1-4H3. The van der Waals surface area contributed by atoms with Crippen molar-refractivity contribution in [1.82, 2.24) is 5.32 Å². The van der Waals surface area contributed by atoms with Gasteiger partial charge in [-0.3, -0.25) is 0 Å². The van der Waals surface area contributed by atoms with E-state index in [0.717, 1.165) is 12.1 Å². The number of alkyl halides is 2. The molecular formula is C15H23F2NO2. The zero-order valence-corrected chi connectivity index (χ0v) is 12.5. The molecule has 0 amide bonds. The summed E-state index contributed by atoms with van der Waals surface area (Å²) in [7, 11) is 1.43. The Balaban J connectivity index is 2.62. The van der Waals surface area contributed by atoms with Gasteiger partial charge in [-0.05, 0) is 36.1 Å². The fourth-order valence-electron chi connectivity index (χ4n) is 1.70. The van der Waals surface area contributed by atoms with Crippen molar-refractivity contribution in [3.8, 4) is 11.5 Å². The van der Waals surface area contributed by atoms with Gasteiger partial charge in [0.2, 0.25) is 0 Å². The van der Waals surface area contributed by atoms with Gasteiger partial charge in [0.25, 0.3) is 0 Å². The largest absolute Gasteiger partial charge is 0.493 e. The second kappa shape index (κ2) is 8.04. The van der Waals surface area contributed by atoms with E-state index in [1.165, 1.54) is 7.11 Å². The van der Waals surface area contributed by atoms with E-state index in [2.05, 4.69) is 30.8 Å². The average Bonchev–Trinajstić information content (AvgIpc) is 2.38. The van der Waals surface area contributed by atoms with Gasteiger partial charge in [-0.1, -0.05) is 26.8 Å². The van der Waals surface area contributed by atoms with Crippen molar-refractivity contribution in [3.05, 3.63) is 23.8 Å². The summed E-state index contributed by atoms with van der Waals surface area (Å²) in [5, 5.41) is 3.32. The van der Waals surface area contributed by atoms with Crippen molar-refractivity contribution >= 4 is 0 Å². The van der Waals surface area contributed by atoms with E-state index >= 15 is 0 Å². The number of nitrogens with one attached hydrogen (secondary N) is 1. The van der Waals surface area contributed by atoms with Crippen LogP contribution >= 0.6 is 0 Å². The van der Waals surface area contributed by atoms with E-state index in [0.29, 0.717) is 24.1 Å². The fourth-order valence-corrected chi connectivity index (χ4v) is 1.70. The third-order valence-electron chi connectivity index (χ3n) is 3.38. The van der Waals surface area contributed by atoms with Crippen LogP contribution in [0.2, 0.25) is 0 Å². The molecule has 1 atom stereocenters. The van der Waals surface area contributed by atoms with Gasteiger partial charge >= 0.3 is 6.61 Å². The van der Waals surface area contributed by atoms with E-state index in [1.807, 2.05) is 6.07 Å². The summed E-state index contributed by atoms with van der Waals surface area (Å²) in [5.74, 6) is 1.55. The first-order chi connectivity index (χ1) is 9.43. The Kier molecular flexibility index (Phi) is 6.71. The van der Waals surface area contributed by atoms with Crippen molar-refractivity contribution in [2.45, 2.75) is 33.9 Å². The monoisotopic (exact) mass is 287 g/mol. The van der Waals surface area contributed by atoms with E-state index in [1.54, 1.807) is 12.1 Å². The number of halogens is 2. The highest BCUT2D eigenvalue weighted by molar-refractivity contribution is 5.42. The molecule has 1 aromatic rings. The highest BCUT2D eigenvalue weighted by Gasteiger charge is 2.11. The molecule has 0 radical (unpaired) electrons. The summed E-state index contributed by atoms with van der Waals surface area (Å²) in [4.78, 5) is 0. The normalized spacial score (nSPS) is 12.8.